The summed E-state index contributed by atoms with van der Waals surface area (Å²) in [6.45, 7) is 1.72. The zero-order valence-electron chi connectivity index (χ0n) is 16.8. The van der Waals surface area contributed by atoms with Gasteiger partial charge in [-0.2, -0.15) is 5.10 Å². The molecule has 0 saturated carbocycles. The number of nitrogens with one attached hydrogen (secondary N) is 1. The highest BCUT2D eigenvalue weighted by atomic mass is 19.1. The van der Waals surface area contributed by atoms with Gasteiger partial charge < -0.3 is 14.5 Å². The van der Waals surface area contributed by atoms with E-state index in [0.29, 0.717) is 28.3 Å². The number of hydrogen-bond acceptors (Lipinski definition) is 4. The van der Waals surface area contributed by atoms with E-state index in [4.69, 9.17) is 9.15 Å². The van der Waals surface area contributed by atoms with Gasteiger partial charge >= 0.3 is 0 Å². The number of carbonyl (C=O) groups excluding carboxylic acids is 1. The molecule has 0 unspecified atom stereocenters. The fourth-order valence-electron chi connectivity index (χ4n) is 3.71. The van der Waals surface area contributed by atoms with Crippen LogP contribution in [0.25, 0.3) is 27.6 Å². The predicted octanol–water partition coefficient (Wildman–Crippen LogP) is 5.48. The Hall–Kier alpha value is -4.13. The Labute approximate surface area is 176 Å². The number of aromatic nitrogens is 2. The summed E-state index contributed by atoms with van der Waals surface area (Å²) in [6, 6.07) is 17.6. The molecule has 6 nitrogen and oxygen atoms in total. The molecule has 0 aliphatic heterocycles. The zero-order valence-corrected chi connectivity index (χ0v) is 16.8. The minimum absolute atomic E-state index is 0.278. The SMILES string of the molecule is COc1cc2c(cc1NC(=O)c1cnn(-c3ccccc3F)c1C)oc1ccccc12. The van der Waals surface area contributed by atoms with Crippen molar-refractivity contribution in [1.82, 2.24) is 9.78 Å². The highest BCUT2D eigenvalue weighted by molar-refractivity contribution is 6.10. The molecule has 0 fully saturated rings. The Morgan fingerprint density at radius 1 is 1.06 bits per heavy atom. The van der Waals surface area contributed by atoms with E-state index >= 15 is 0 Å². The van der Waals surface area contributed by atoms with E-state index in [2.05, 4.69) is 10.4 Å². The third kappa shape index (κ3) is 3.11. The molecule has 0 saturated heterocycles. The van der Waals surface area contributed by atoms with E-state index in [1.54, 1.807) is 38.3 Å². The molecule has 0 spiro atoms. The summed E-state index contributed by atoms with van der Waals surface area (Å²) in [7, 11) is 1.54. The van der Waals surface area contributed by atoms with E-state index in [1.165, 1.54) is 16.9 Å². The van der Waals surface area contributed by atoms with E-state index in [9.17, 15) is 9.18 Å². The molecule has 0 aliphatic carbocycles. The molecular weight excluding hydrogens is 397 g/mol. The average molecular weight is 415 g/mol. The molecule has 0 atom stereocenters. The van der Waals surface area contributed by atoms with Crippen molar-refractivity contribution < 1.29 is 18.3 Å². The lowest BCUT2D eigenvalue weighted by molar-refractivity contribution is 0.102. The minimum Gasteiger partial charge on any atom is -0.495 e. The summed E-state index contributed by atoms with van der Waals surface area (Å²) in [4.78, 5) is 13.0. The quantitative estimate of drug-likeness (QED) is 0.422. The van der Waals surface area contributed by atoms with Crippen LogP contribution in [0.5, 0.6) is 5.75 Å². The molecule has 31 heavy (non-hydrogen) atoms. The Bertz CT molecular complexity index is 1450. The molecule has 3 aromatic carbocycles. The van der Waals surface area contributed by atoms with Gasteiger partial charge in [0.25, 0.3) is 5.91 Å². The van der Waals surface area contributed by atoms with Crippen LogP contribution in [0.4, 0.5) is 10.1 Å². The number of rotatable bonds is 4. The van der Waals surface area contributed by atoms with Crippen LogP contribution < -0.4 is 10.1 Å². The standard InChI is InChI=1S/C24H18FN3O3/c1-14-17(13-26-28(14)20-9-5-4-8-18(20)25)24(29)27-19-12-22-16(11-23(19)30-2)15-7-3-6-10-21(15)31-22/h3-13H,1-2H3,(H,27,29). The van der Waals surface area contributed by atoms with Crippen molar-refractivity contribution in [2.75, 3.05) is 12.4 Å². The lowest BCUT2D eigenvalue weighted by atomic mass is 10.1. The maximum atomic E-state index is 14.2. The van der Waals surface area contributed by atoms with Gasteiger partial charge in [0.2, 0.25) is 0 Å². The number of ether oxygens (including phenoxy) is 1. The number of furan rings is 1. The second-order valence-electron chi connectivity index (χ2n) is 7.11. The Balaban J connectivity index is 1.52. The first-order chi connectivity index (χ1) is 15.1. The fraction of sp³-hybridized carbons (Fsp3) is 0.0833. The number of methoxy groups -OCH3 is 1. The van der Waals surface area contributed by atoms with Gasteiger partial charge in [0.15, 0.2) is 0 Å². The Morgan fingerprint density at radius 3 is 2.65 bits per heavy atom. The van der Waals surface area contributed by atoms with E-state index in [0.717, 1.165) is 16.4 Å². The van der Waals surface area contributed by atoms with Crippen LogP contribution in [0.1, 0.15) is 16.1 Å². The smallest absolute Gasteiger partial charge is 0.259 e. The number of amides is 1. The number of fused-ring (bicyclic) bond motifs is 3. The maximum Gasteiger partial charge on any atom is 0.259 e. The first-order valence-corrected chi connectivity index (χ1v) is 9.67. The molecule has 0 bridgehead atoms. The summed E-state index contributed by atoms with van der Waals surface area (Å²) in [5.74, 6) is -0.293. The summed E-state index contributed by atoms with van der Waals surface area (Å²) in [6.07, 6.45) is 1.42. The summed E-state index contributed by atoms with van der Waals surface area (Å²) >= 11 is 0. The number of benzene rings is 3. The maximum absolute atomic E-state index is 14.2. The molecule has 0 radical (unpaired) electrons. The van der Waals surface area contributed by atoms with Crippen molar-refractivity contribution in [3.63, 3.8) is 0 Å². The van der Waals surface area contributed by atoms with Gasteiger partial charge in [0.1, 0.15) is 28.4 Å². The summed E-state index contributed by atoms with van der Waals surface area (Å²) < 4.78 is 27.0. The van der Waals surface area contributed by atoms with Crippen LogP contribution in [-0.2, 0) is 0 Å². The highest BCUT2D eigenvalue weighted by Crippen LogP contribution is 2.36. The lowest BCUT2D eigenvalue weighted by Crippen LogP contribution is -2.14. The normalized spacial score (nSPS) is 11.2. The fourth-order valence-corrected chi connectivity index (χ4v) is 3.71. The van der Waals surface area contributed by atoms with Gasteiger partial charge in [0, 0.05) is 16.8 Å². The summed E-state index contributed by atoms with van der Waals surface area (Å²) in [5.41, 5.74) is 2.99. The molecule has 154 valence electrons. The minimum atomic E-state index is -0.419. The molecule has 1 amide bonds. The van der Waals surface area contributed by atoms with Crippen molar-refractivity contribution in [3.8, 4) is 11.4 Å². The second-order valence-corrected chi connectivity index (χ2v) is 7.11. The van der Waals surface area contributed by atoms with Crippen LogP contribution in [-0.4, -0.2) is 22.8 Å². The van der Waals surface area contributed by atoms with Gasteiger partial charge in [-0.15, -0.1) is 0 Å². The molecule has 2 aromatic heterocycles. The van der Waals surface area contributed by atoms with Gasteiger partial charge in [-0.3, -0.25) is 4.79 Å². The molecule has 0 aliphatic rings. The topological polar surface area (TPSA) is 69.3 Å². The third-order valence-electron chi connectivity index (χ3n) is 5.28. The van der Waals surface area contributed by atoms with Crippen LogP contribution in [0, 0.1) is 12.7 Å². The number of para-hydroxylation sites is 2. The van der Waals surface area contributed by atoms with Gasteiger partial charge in [0.05, 0.1) is 30.3 Å². The average Bonchev–Trinajstić information content (AvgIpc) is 3.33. The largest absolute Gasteiger partial charge is 0.495 e. The van der Waals surface area contributed by atoms with Crippen molar-refractivity contribution in [2.24, 2.45) is 0 Å². The van der Waals surface area contributed by atoms with Crippen LogP contribution in [0.3, 0.4) is 0 Å². The number of anilines is 1. The lowest BCUT2D eigenvalue weighted by Gasteiger charge is -2.11. The number of carbonyl (C=O) groups is 1. The van der Waals surface area contributed by atoms with E-state index < -0.39 is 5.82 Å². The molecule has 7 heteroatoms. The van der Waals surface area contributed by atoms with Gasteiger partial charge in [-0.1, -0.05) is 30.3 Å². The van der Waals surface area contributed by atoms with Crippen molar-refractivity contribution >= 4 is 33.5 Å². The molecule has 5 aromatic rings. The van der Waals surface area contributed by atoms with Gasteiger partial charge in [-0.25, -0.2) is 9.07 Å². The number of nitrogens with zero attached hydrogens (tertiary/aromatic N) is 2. The first-order valence-electron chi connectivity index (χ1n) is 9.67. The van der Waals surface area contributed by atoms with Crippen molar-refractivity contribution in [3.05, 3.63) is 83.9 Å². The third-order valence-corrected chi connectivity index (χ3v) is 5.28. The molecule has 5 rings (SSSR count). The molecule has 2 heterocycles. The molecular formula is C24H18FN3O3. The number of hydrogen-bond donors (Lipinski definition) is 1. The first kappa shape index (κ1) is 18.9. The van der Waals surface area contributed by atoms with Crippen molar-refractivity contribution in [1.29, 1.82) is 0 Å². The van der Waals surface area contributed by atoms with Gasteiger partial charge in [-0.05, 0) is 31.2 Å². The monoisotopic (exact) mass is 415 g/mol. The van der Waals surface area contributed by atoms with Crippen LogP contribution in [0.2, 0.25) is 0 Å². The molecule has 1 N–H and O–H groups in total. The Morgan fingerprint density at radius 2 is 1.84 bits per heavy atom. The predicted molar refractivity (Wildman–Crippen MR) is 116 cm³/mol. The highest BCUT2D eigenvalue weighted by Gasteiger charge is 2.19. The van der Waals surface area contributed by atoms with Crippen LogP contribution >= 0.6 is 0 Å². The van der Waals surface area contributed by atoms with Crippen molar-refractivity contribution in [2.45, 2.75) is 6.92 Å². The number of halogens is 1. The Kier molecular flexibility index (Phi) is 4.43. The zero-order chi connectivity index (χ0) is 21.5. The van der Waals surface area contributed by atoms with E-state index in [1.807, 2.05) is 30.3 Å². The van der Waals surface area contributed by atoms with Crippen LogP contribution in [0.15, 0.2) is 71.3 Å². The van der Waals surface area contributed by atoms with E-state index in [-0.39, 0.29) is 11.6 Å². The summed E-state index contributed by atoms with van der Waals surface area (Å²) in [5, 5.41) is 8.93. The second kappa shape index (κ2) is 7.28.